The Morgan fingerprint density at radius 2 is 1.82 bits per heavy atom. The molecular weight excluding hydrogens is 222 g/mol. The van der Waals surface area contributed by atoms with E-state index in [1.165, 1.54) is 18.2 Å². The van der Waals surface area contributed by atoms with Crippen molar-refractivity contribution in [2.45, 2.75) is 18.9 Å². The summed E-state index contributed by atoms with van der Waals surface area (Å²) in [4.78, 5) is 2.06. The van der Waals surface area contributed by atoms with E-state index in [1.54, 1.807) is 0 Å². The lowest BCUT2D eigenvalue weighted by atomic mass is 10.0. The summed E-state index contributed by atoms with van der Waals surface area (Å²) in [6, 6.07) is 4.08. The molecule has 1 aromatic rings. The van der Waals surface area contributed by atoms with Gasteiger partial charge in [-0.15, -0.1) is 0 Å². The lowest BCUT2D eigenvalue weighted by Crippen LogP contribution is -2.32. The molecule has 0 aliphatic heterocycles. The van der Waals surface area contributed by atoms with E-state index in [0.29, 0.717) is 6.42 Å². The van der Waals surface area contributed by atoms with Crippen LogP contribution in [0.15, 0.2) is 18.2 Å². The molecule has 0 aliphatic carbocycles. The Bertz CT molecular complexity index is 333. The third-order valence-electron chi connectivity index (χ3n) is 2.85. The highest BCUT2D eigenvalue weighted by atomic mass is 19.1. The predicted octanol–water partition coefficient (Wildman–Crippen LogP) is 2.05. The van der Waals surface area contributed by atoms with Gasteiger partial charge in [0.2, 0.25) is 0 Å². The Morgan fingerprint density at radius 1 is 1.24 bits per heavy atom. The van der Waals surface area contributed by atoms with Crippen LogP contribution in [0.2, 0.25) is 0 Å². The van der Waals surface area contributed by atoms with Gasteiger partial charge in [-0.2, -0.15) is 0 Å². The molecule has 1 atom stereocenters. The standard InChI is InChI=1S/C13H20F2N2/c1-16-10(7-8-17(2)3)9-11-12(14)5-4-6-13(11)15/h4-6,10,16H,7-9H2,1-3H3. The van der Waals surface area contributed by atoms with Crippen molar-refractivity contribution < 1.29 is 8.78 Å². The topological polar surface area (TPSA) is 15.3 Å². The molecule has 17 heavy (non-hydrogen) atoms. The van der Waals surface area contributed by atoms with Crippen LogP contribution in [-0.4, -0.2) is 38.6 Å². The number of hydrogen-bond acceptors (Lipinski definition) is 2. The zero-order valence-electron chi connectivity index (χ0n) is 10.6. The van der Waals surface area contributed by atoms with Crippen molar-refractivity contribution in [3.8, 4) is 0 Å². The van der Waals surface area contributed by atoms with Crippen molar-refractivity contribution in [3.63, 3.8) is 0 Å². The Morgan fingerprint density at radius 3 is 2.29 bits per heavy atom. The monoisotopic (exact) mass is 242 g/mol. The van der Waals surface area contributed by atoms with E-state index in [2.05, 4.69) is 10.2 Å². The minimum Gasteiger partial charge on any atom is -0.317 e. The summed E-state index contributed by atoms with van der Waals surface area (Å²) in [5, 5.41) is 3.10. The smallest absolute Gasteiger partial charge is 0.129 e. The van der Waals surface area contributed by atoms with Crippen LogP contribution in [0, 0.1) is 11.6 Å². The molecule has 0 saturated heterocycles. The molecule has 0 heterocycles. The lowest BCUT2D eigenvalue weighted by molar-refractivity contribution is 0.361. The quantitative estimate of drug-likeness (QED) is 0.821. The second-order valence-corrected chi connectivity index (χ2v) is 4.48. The highest BCUT2D eigenvalue weighted by molar-refractivity contribution is 5.20. The molecule has 0 bridgehead atoms. The fraction of sp³-hybridized carbons (Fsp3) is 0.538. The number of likely N-dealkylation sites (N-methyl/N-ethyl adjacent to an activating group) is 1. The average Bonchev–Trinajstić information content (AvgIpc) is 2.27. The van der Waals surface area contributed by atoms with Crippen molar-refractivity contribution in [1.29, 1.82) is 0 Å². The molecule has 0 radical (unpaired) electrons. The van der Waals surface area contributed by atoms with E-state index in [-0.39, 0.29) is 11.6 Å². The molecule has 0 fully saturated rings. The fourth-order valence-corrected chi connectivity index (χ4v) is 1.74. The Balaban J connectivity index is 2.67. The molecule has 1 N–H and O–H groups in total. The highest BCUT2D eigenvalue weighted by Gasteiger charge is 2.14. The molecule has 1 rings (SSSR count). The predicted molar refractivity (Wildman–Crippen MR) is 66.1 cm³/mol. The van der Waals surface area contributed by atoms with Gasteiger partial charge in [-0.05, 0) is 52.7 Å². The summed E-state index contributed by atoms with van der Waals surface area (Å²) < 4.78 is 26.9. The van der Waals surface area contributed by atoms with Gasteiger partial charge in [0, 0.05) is 11.6 Å². The second-order valence-electron chi connectivity index (χ2n) is 4.48. The maximum absolute atomic E-state index is 13.5. The first-order chi connectivity index (χ1) is 8.04. The Hall–Kier alpha value is -1.00. The van der Waals surface area contributed by atoms with Crippen LogP contribution >= 0.6 is 0 Å². The number of nitrogens with zero attached hydrogens (tertiary/aromatic N) is 1. The highest BCUT2D eigenvalue weighted by Crippen LogP contribution is 2.15. The summed E-state index contributed by atoms with van der Waals surface area (Å²) in [7, 11) is 5.78. The van der Waals surface area contributed by atoms with Gasteiger partial charge < -0.3 is 10.2 Å². The van der Waals surface area contributed by atoms with Gasteiger partial charge in [0.15, 0.2) is 0 Å². The fourth-order valence-electron chi connectivity index (χ4n) is 1.74. The number of nitrogens with one attached hydrogen (secondary N) is 1. The summed E-state index contributed by atoms with van der Waals surface area (Å²) >= 11 is 0. The molecular formula is C13H20F2N2. The number of rotatable bonds is 6. The molecule has 96 valence electrons. The lowest BCUT2D eigenvalue weighted by Gasteiger charge is -2.19. The van der Waals surface area contributed by atoms with E-state index >= 15 is 0 Å². The Labute approximate surface area is 102 Å². The van der Waals surface area contributed by atoms with Crippen LogP contribution in [-0.2, 0) is 6.42 Å². The van der Waals surface area contributed by atoms with Crippen LogP contribution in [0.3, 0.4) is 0 Å². The average molecular weight is 242 g/mol. The molecule has 0 aromatic heterocycles. The van der Waals surface area contributed by atoms with Crippen molar-refractivity contribution in [3.05, 3.63) is 35.4 Å². The molecule has 0 spiro atoms. The van der Waals surface area contributed by atoms with Crippen molar-refractivity contribution in [2.24, 2.45) is 0 Å². The summed E-state index contributed by atoms with van der Waals surface area (Å²) in [6.07, 6.45) is 1.24. The zero-order chi connectivity index (χ0) is 12.8. The number of halogens is 2. The maximum Gasteiger partial charge on any atom is 0.129 e. The molecule has 0 amide bonds. The summed E-state index contributed by atoms with van der Waals surface area (Å²) in [6.45, 7) is 0.890. The van der Waals surface area contributed by atoms with Gasteiger partial charge in [0.25, 0.3) is 0 Å². The molecule has 1 aromatic carbocycles. The molecule has 2 nitrogen and oxygen atoms in total. The van der Waals surface area contributed by atoms with E-state index < -0.39 is 11.6 Å². The summed E-state index contributed by atoms with van der Waals surface area (Å²) in [5.41, 5.74) is 0.172. The minimum absolute atomic E-state index is 0.0869. The van der Waals surface area contributed by atoms with Crippen LogP contribution in [0.1, 0.15) is 12.0 Å². The normalized spacial score (nSPS) is 13.1. The molecule has 4 heteroatoms. The third-order valence-corrected chi connectivity index (χ3v) is 2.85. The first-order valence-electron chi connectivity index (χ1n) is 5.79. The molecule has 1 unspecified atom stereocenters. The Kier molecular flexibility index (Phi) is 5.51. The molecule has 0 saturated carbocycles. The minimum atomic E-state index is -0.463. The van der Waals surface area contributed by atoms with Gasteiger partial charge >= 0.3 is 0 Å². The van der Waals surface area contributed by atoms with E-state index in [1.807, 2.05) is 21.1 Å². The largest absolute Gasteiger partial charge is 0.317 e. The van der Waals surface area contributed by atoms with E-state index in [9.17, 15) is 8.78 Å². The van der Waals surface area contributed by atoms with Crippen molar-refractivity contribution in [2.75, 3.05) is 27.7 Å². The first-order valence-corrected chi connectivity index (χ1v) is 5.79. The van der Waals surface area contributed by atoms with Gasteiger partial charge in [-0.1, -0.05) is 6.07 Å². The van der Waals surface area contributed by atoms with Gasteiger partial charge in [-0.3, -0.25) is 0 Å². The summed E-state index contributed by atoms with van der Waals surface area (Å²) in [5.74, 6) is -0.926. The van der Waals surface area contributed by atoms with E-state index in [4.69, 9.17) is 0 Å². The SMILES string of the molecule is CNC(CCN(C)C)Cc1c(F)cccc1F. The zero-order valence-corrected chi connectivity index (χ0v) is 10.6. The van der Waals surface area contributed by atoms with Gasteiger partial charge in [0.05, 0.1) is 0 Å². The number of hydrogen-bond donors (Lipinski definition) is 1. The van der Waals surface area contributed by atoms with Crippen molar-refractivity contribution >= 4 is 0 Å². The van der Waals surface area contributed by atoms with Crippen LogP contribution < -0.4 is 5.32 Å². The van der Waals surface area contributed by atoms with Gasteiger partial charge in [-0.25, -0.2) is 8.78 Å². The maximum atomic E-state index is 13.5. The van der Waals surface area contributed by atoms with Gasteiger partial charge in [0.1, 0.15) is 11.6 Å². The van der Waals surface area contributed by atoms with Crippen molar-refractivity contribution in [1.82, 2.24) is 10.2 Å². The molecule has 0 aliphatic rings. The second kappa shape index (κ2) is 6.67. The number of benzene rings is 1. The van der Waals surface area contributed by atoms with Crippen LogP contribution in [0.4, 0.5) is 8.78 Å². The third kappa shape index (κ3) is 4.40. The van der Waals surface area contributed by atoms with Crippen LogP contribution in [0.25, 0.3) is 0 Å². The van der Waals surface area contributed by atoms with Crippen LogP contribution in [0.5, 0.6) is 0 Å². The van der Waals surface area contributed by atoms with E-state index in [0.717, 1.165) is 13.0 Å². The first kappa shape index (κ1) is 14.1.